The molecule has 2 N–H and O–H groups in total. The molecule has 21 heavy (non-hydrogen) atoms. The van der Waals surface area contributed by atoms with E-state index in [1.54, 1.807) is 0 Å². The molecule has 0 aliphatic carbocycles. The number of nitrogens with zero attached hydrogens (tertiary/aromatic N) is 1. The summed E-state index contributed by atoms with van der Waals surface area (Å²) in [7, 11) is -2.30. The highest BCUT2D eigenvalue weighted by Crippen LogP contribution is 2.35. The Hall–Kier alpha value is -2.00. The Labute approximate surface area is 115 Å². The molecular weight excluding hydrogens is 296 g/mol. The van der Waals surface area contributed by atoms with Crippen LogP contribution in [0.4, 0.5) is 22.0 Å². The van der Waals surface area contributed by atoms with Gasteiger partial charge in [0.15, 0.2) is 17.3 Å². The summed E-state index contributed by atoms with van der Waals surface area (Å²) in [4.78, 5) is 3.10. The van der Waals surface area contributed by atoms with Crippen LogP contribution in [0.3, 0.4) is 0 Å². The Morgan fingerprint density at radius 1 is 1.05 bits per heavy atom. The smallest absolute Gasteiger partial charge is 0.423 e. The Morgan fingerprint density at radius 2 is 1.71 bits per heavy atom. The monoisotopic (exact) mass is 303 g/mol. The van der Waals surface area contributed by atoms with E-state index in [-0.39, 0.29) is 0 Å². The molecule has 2 aromatic rings. The summed E-state index contributed by atoms with van der Waals surface area (Å²) in [5.74, 6) is -2.89. The Balaban J connectivity index is 2.85. The minimum absolute atomic E-state index is 0.623. The van der Waals surface area contributed by atoms with E-state index in [0.717, 1.165) is 24.3 Å². The molecule has 0 amide bonds. The van der Waals surface area contributed by atoms with Crippen molar-refractivity contribution in [1.82, 2.24) is 4.98 Å². The number of aromatic nitrogens is 1. The zero-order chi connectivity index (χ0) is 15.8. The average Bonchev–Trinajstić information content (AvgIpc) is 2.40. The van der Waals surface area contributed by atoms with Gasteiger partial charge in [0.2, 0.25) is 0 Å². The van der Waals surface area contributed by atoms with Crippen LogP contribution >= 0.6 is 0 Å². The highest BCUT2D eigenvalue weighted by molar-refractivity contribution is 6.60. The van der Waals surface area contributed by atoms with Crippen molar-refractivity contribution in [2.45, 2.75) is 6.18 Å². The Bertz CT molecular complexity index is 675. The second-order valence-corrected chi connectivity index (χ2v) is 4.10. The summed E-state index contributed by atoms with van der Waals surface area (Å²) in [6, 6.07) is 3.53. The lowest BCUT2D eigenvalue weighted by Crippen LogP contribution is -2.34. The van der Waals surface area contributed by atoms with Crippen LogP contribution in [0, 0.1) is 11.6 Å². The first kappa shape index (κ1) is 15.4. The molecule has 0 aliphatic heterocycles. The number of alkyl halides is 3. The van der Waals surface area contributed by atoms with E-state index in [1.165, 1.54) is 0 Å². The molecule has 110 valence electrons. The third kappa shape index (κ3) is 2.88. The van der Waals surface area contributed by atoms with E-state index in [4.69, 9.17) is 10.0 Å². The number of hydrogen-bond acceptors (Lipinski definition) is 3. The van der Waals surface area contributed by atoms with Gasteiger partial charge in [-0.05, 0) is 17.6 Å². The fourth-order valence-corrected chi connectivity index (χ4v) is 1.89. The number of pyridine rings is 1. The zero-order valence-corrected chi connectivity index (χ0v) is 10.2. The average molecular weight is 303 g/mol. The predicted octanol–water partition coefficient (Wildman–Crippen LogP) is 1.73. The molecule has 1 aromatic carbocycles. The van der Waals surface area contributed by atoms with Crippen molar-refractivity contribution < 1.29 is 32.0 Å². The van der Waals surface area contributed by atoms with Crippen LogP contribution in [-0.2, 0) is 6.18 Å². The van der Waals surface area contributed by atoms with Gasteiger partial charge in [-0.3, -0.25) is 4.98 Å². The van der Waals surface area contributed by atoms with Crippen LogP contribution < -0.4 is 5.46 Å². The maximum atomic E-state index is 13.8. The summed E-state index contributed by atoms with van der Waals surface area (Å²) in [5, 5.41) is 18.3. The van der Waals surface area contributed by atoms with E-state index >= 15 is 0 Å². The standard InChI is InChI=1S/C12H7BF5NO2/c14-8-3-1-2-6(10(8)15)9-7(13(20)21)4-5-19-11(9)12(16,17)18/h1-5,20-21H. The molecule has 0 fully saturated rings. The first-order chi connectivity index (χ1) is 9.73. The minimum atomic E-state index is -4.97. The van der Waals surface area contributed by atoms with Crippen molar-refractivity contribution in [1.29, 1.82) is 0 Å². The van der Waals surface area contributed by atoms with Crippen LogP contribution in [0.5, 0.6) is 0 Å². The van der Waals surface area contributed by atoms with Gasteiger partial charge in [-0.25, -0.2) is 8.78 Å². The lowest BCUT2D eigenvalue weighted by atomic mass is 9.75. The van der Waals surface area contributed by atoms with Crippen molar-refractivity contribution in [2.75, 3.05) is 0 Å². The fraction of sp³-hybridized carbons (Fsp3) is 0.0833. The van der Waals surface area contributed by atoms with E-state index in [9.17, 15) is 22.0 Å². The van der Waals surface area contributed by atoms with Gasteiger partial charge in [-0.1, -0.05) is 12.1 Å². The third-order valence-electron chi connectivity index (χ3n) is 2.75. The van der Waals surface area contributed by atoms with E-state index in [2.05, 4.69) is 4.98 Å². The highest BCUT2D eigenvalue weighted by Gasteiger charge is 2.38. The van der Waals surface area contributed by atoms with Crippen molar-refractivity contribution in [2.24, 2.45) is 0 Å². The van der Waals surface area contributed by atoms with Gasteiger partial charge in [0.1, 0.15) is 0 Å². The Kier molecular flexibility index (Phi) is 3.97. The molecule has 0 bridgehead atoms. The molecule has 0 unspecified atom stereocenters. The van der Waals surface area contributed by atoms with Crippen LogP contribution in [0.25, 0.3) is 11.1 Å². The van der Waals surface area contributed by atoms with E-state index in [1.807, 2.05) is 0 Å². The van der Waals surface area contributed by atoms with Gasteiger partial charge in [-0.2, -0.15) is 13.2 Å². The Morgan fingerprint density at radius 3 is 2.29 bits per heavy atom. The topological polar surface area (TPSA) is 53.4 Å². The maximum Gasteiger partial charge on any atom is 0.489 e. The summed E-state index contributed by atoms with van der Waals surface area (Å²) in [5.41, 5.74) is -3.81. The fourth-order valence-electron chi connectivity index (χ4n) is 1.89. The molecule has 3 nitrogen and oxygen atoms in total. The predicted molar refractivity (Wildman–Crippen MR) is 64.4 cm³/mol. The summed E-state index contributed by atoms with van der Waals surface area (Å²) < 4.78 is 65.9. The van der Waals surface area contributed by atoms with Crippen molar-refractivity contribution >= 4 is 12.6 Å². The van der Waals surface area contributed by atoms with Crippen molar-refractivity contribution in [3.05, 3.63) is 47.8 Å². The maximum absolute atomic E-state index is 13.8. The molecule has 1 aromatic heterocycles. The molecule has 0 radical (unpaired) electrons. The normalized spacial score (nSPS) is 11.6. The van der Waals surface area contributed by atoms with Crippen LogP contribution in [-0.4, -0.2) is 22.2 Å². The van der Waals surface area contributed by atoms with Gasteiger partial charge in [0.05, 0.1) is 0 Å². The SMILES string of the molecule is OB(O)c1ccnc(C(F)(F)F)c1-c1cccc(F)c1F. The zero-order valence-electron chi connectivity index (χ0n) is 10.2. The molecule has 2 rings (SSSR count). The molecule has 0 saturated heterocycles. The lowest BCUT2D eigenvalue weighted by molar-refractivity contribution is -0.140. The minimum Gasteiger partial charge on any atom is -0.423 e. The van der Waals surface area contributed by atoms with Gasteiger partial charge in [0.25, 0.3) is 0 Å². The lowest BCUT2D eigenvalue weighted by Gasteiger charge is -2.16. The second-order valence-electron chi connectivity index (χ2n) is 4.10. The molecule has 0 spiro atoms. The summed E-state index contributed by atoms with van der Waals surface area (Å²) >= 11 is 0. The molecule has 0 saturated carbocycles. The van der Waals surface area contributed by atoms with E-state index in [0.29, 0.717) is 6.20 Å². The number of rotatable bonds is 2. The van der Waals surface area contributed by atoms with Crippen LogP contribution in [0.1, 0.15) is 5.69 Å². The molecule has 1 heterocycles. The van der Waals surface area contributed by atoms with E-state index < -0.39 is 47.2 Å². The number of hydrogen-bond donors (Lipinski definition) is 2. The largest absolute Gasteiger partial charge is 0.489 e. The van der Waals surface area contributed by atoms with Crippen molar-refractivity contribution in [3.63, 3.8) is 0 Å². The molecular formula is C12H7BF5NO2. The quantitative estimate of drug-likeness (QED) is 0.656. The van der Waals surface area contributed by atoms with Gasteiger partial charge >= 0.3 is 13.3 Å². The first-order valence-electron chi connectivity index (χ1n) is 5.60. The summed E-state index contributed by atoms with van der Waals surface area (Å²) in [6.07, 6.45) is -4.27. The van der Waals surface area contributed by atoms with Crippen LogP contribution in [0.15, 0.2) is 30.5 Å². The second kappa shape index (κ2) is 5.42. The molecule has 0 aliphatic rings. The highest BCUT2D eigenvalue weighted by atomic mass is 19.4. The van der Waals surface area contributed by atoms with Gasteiger partial charge in [0, 0.05) is 17.3 Å². The van der Waals surface area contributed by atoms with Crippen molar-refractivity contribution in [3.8, 4) is 11.1 Å². The third-order valence-corrected chi connectivity index (χ3v) is 2.75. The van der Waals surface area contributed by atoms with Crippen LogP contribution in [0.2, 0.25) is 0 Å². The van der Waals surface area contributed by atoms with Gasteiger partial charge < -0.3 is 10.0 Å². The summed E-state index contributed by atoms with van der Waals surface area (Å²) in [6.45, 7) is 0. The molecule has 0 atom stereocenters. The number of halogens is 5. The molecule has 9 heteroatoms. The number of benzene rings is 1. The van der Waals surface area contributed by atoms with Gasteiger partial charge in [-0.15, -0.1) is 0 Å². The first-order valence-corrected chi connectivity index (χ1v) is 5.60.